The van der Waals surface area contributed by atoms with E-state index >= 15 is 0 Å². The van der Waals surface area contributed by atoms with Crippen LogP contribution in [0.4, 0.5) is 5.69 Å². The van der Waals surface area contributed by atoms with E-state index in [1.54, 1.807) is 0 Å². The van der Waals surface area contributed by atoms with Crippen molar-refractivity contribution in [2.75, 3.05) is 11.9 Å². The number of benzene rings is 1. The first kappa shape index (κ1) is 7.86. The number of hydrogen-bond donors (Lipinski definition) is 1. The van der Waals surface area contributed by atoms with Crippen LogP contribution in [0.25, 0.3) is 0 Å². The van der Waals surface area contributed by atoms with Crippen molar-refractivity contribution in [2.45, 2.75) is 6.92 Å². The van der Waals surface area contributed by atoms with Crippen molar-refractivity contribution >= 4 is 5.69 Å². The van der Waals surface area contributed by atoms with Crippen LogP contribution in [0, 0.1) is 0 Å². The maximum atomic E-state index is 3.26. The van der Waals surface area contributed by atoms with Gasteiger partial charge in [0.1, 0.15) is 0 Å². The van der Waals surface area contributed by atoms with E-state index in [1.807, 2.05) is 31.2 Å². The third kappa shape index (κ3) is 2.89. The van der Waals surface area contributed by atoms with Gasteiger partial charge in [-0.3, -0.25) is 0 Å². The van der Waals surface area contributed by atoms with Crippen LogP contribution in [0.3, 0.4) is 0 Å². The Hall–Kier alpha value is -1.24. The largest absolute Gasteiger partial charge is 0.382 e. The molecule has 0 saturated heterocycles. The van der Waals surface area contributed by atoms with Crippen LogP contribution in [0.15, 0.2) is 42.5 Å². The van der Waals surface area contributed by atoms with Crippen LogP contribution in [-0.2, 0) is 0 Å². The van der Waals surface area contributed by atoms with Gasteiger partial charge in [0.15, 0.2) is 0 Å². The molecule has 1 N–H and O–H groups in total. The topological polar surface area (TPSA) is 12.0 Å². The van der Waals surface area contributed by atoms with Gasteiger partial charge >= 0.3 is 0 Å². The molecule has 0 atom stereocenters. The number of para-hydroxylation sites is 1. The second kappa shape index (κ2) is 4.56. The highest BCUT2D eigenvalue weighted by molar-refractivity contribution is 5.42. The summed E-state index contributed by atoms with van der Waals surface area (Å²) in [7, 11) is 0. The maximum Gasteiger partial charge on any atom is 0.0342 e. The highest BCUT2D eigenvalue weighted by Crippen LogP contribution is 2.03. The summed E-state index contributed by atoms with van der Waals surface area (Å²) < 4.78 is 0. The van der Waals surface area contributed by atoms with Crippen molar-refractivity contribution in [3.05, 3.63) is 42.5 Å². The van der Waals surface area contributed by atoms with E-state index in [-0.39, 0.29) is 0 Å². The molecule has 0 aliphatic rings. The summed E-state index contributed by atoms with van der Waals surface area (Å²) in [6.45, 7) is 2.92. The number of rotatable bonds is 3. The van der Waals surface area contributed by atoms with E-state index < -0.39 is 0 Å². The molecule has 0 spiro atoms. The van der Waals surface area contributed by atoms with Gasteiger partial charge in [0.05, 0.1) is 0 Å². The molecule has 0 aromatic heterocycles. The molecule has 0 radical (unpaired) electrons. The van der Waals surface area contributed by atoms with Crippen molar-refractivity contribution in [3.8, 4) is 0 Å². The van der Waals surface area contributed by atoms with E-state index in [1.165, 1.54) is 5.69 Å². The lowest BCUT2D eigenvalue weighted by Crippen LogP contribution is -1.96. The Morgan fingerprint density at radius 3 is 2.64 bits per heavy atom. The second-order valence-electron chi connectivity index (χ2n) is 2.32. The Morgan fingerprint density at radius 2 is 2.00 bits per heavy atom. The van der Waals surface area contributed by atoms with E-state index in [0.29, 0.717) is 0 Å². The van der Waals surface area contributed by atoms with Crippen LogP contribution in [-0.4, -0.2) is 6.54 Å². The summed E-state index contributed by atoms with van der Waals surface area (Å²) >= 11 is 0. The smallest absolute Gasteiger partial charge is 0.0342 e. The van der Waals surface area contributed by atoms with Crippen LogP contribution < -0.4 is 5.32 Å². The Labute approximate surface area is 67.8 Å². The number of allylic oxidation sites excluding steroid dienone is 1. The third-order valence-electron chi connectivity index (χ3n) is 1.43. The Bertz CT molecular complexity index is 214. The molecule has 1 nitrogen and oxygen atoms in total. The van der Waals surface area contributed by atoms with Gasteiger partial charge in [-0.25, -0.2) is 0 Å². The van der Waals surface area contributed by atoms with Gasteiger partial charge in [-0.05, 0) is 19.1 Å². The molecule has 0 saturated carbocycles. The van der Waals surface area contributed by atoms with E-state index in [9.17, 15) is 0 Å². The van der Waals surface area contributed by atoms with Crippen molar-refractivity contribution in [1.82, 2.24) is 0 Å². The summed E-state index contributed by atoms with van der Waals surface area (Å²) in [6.07, 6.45) is 4.13. The summed E-state index contributed by atoms with van der Waals surface area (Å²) in [5.41, 5.74) is 1.17. The minimum absolute atomic E-state index is 0.903. The summed E-state index contributed by atoms with van der Waals surface area (Å²) in [6, 6.07) is 10.2. The zero-order chi connectivity index (χ0) is 7.94. The van der Waals surface area contributed by atoms with E-state index in [0.717, 1.165) is 6.54 Å². The van der Waals surface area contributed by atoms with Crippen molar-refractivity contribution in [2.24, 2.45) is 0 Å². The average Bonchev–Trinajstić information content (AvgIpc) is 2.07. The predicted octanol–water partition coefficient (Wildman–Crippen LogP) is 2.67. The molecule has 1 rings (SSSR count). The molecule has 0 unspecified atom stereocenters. The summed E-state index contributed by atoms with van der Waals surface area (Å²) in [5, 5.41) is 3.26. The molecule has 0 bridgehead atoms. The monoisotopic (exact) mass is 147 g/mol. The molecule has 1 aromatic carbocycles. The fraction of sp³-hybridized carbons (Fsp3) is 0.200. The quantitative estimate of drug-likeness (QED) is 0.648. The lowest BCUT2D eigenvalue weighted by Gasteiger charge is -2.00. The lowest BCUT2D eigenvalue weighted by molar-refractivity contribution is 1.33. The van der Waals surface area contributed by atoms with Crippen LogP contribution in [0.5, 0.6) is 0 Å². The molecule has 11 heavy (non-hydrogen) atoms. The minimum Gasteiger partial charge on any atom is -0.382 e. The van der Waals surface area contributed by atoms with Crippen LogP contribution in [0.1, 0.15) is 6.92 Å². The lowest BCUT2D eigenvalue weighted by atomic mass is 10.3. The zero-order valence-electron chi connectivity index (χ0n) is 6.75. The van der Waals surface area contributed by atoms with Gasteiger partial charge in [0, 0.05) is 12.2 Å². The van der Waals surface area contributed by atoms with Crippen molar-refractivity contribution < 1.29 is 0 Å². The first-order valence-corrected chi connectivity index (χ1v) is 3.83. The first-order valence-electron chi connectivity index (χ1n) is 3.83. The third-order valence-corrected chi connectivity index (χ3v) is 1.43. The molecule has 0 fully saturated rings. The highest BCUT2D eigenvalue weighted by atomic mass is 14.8. The molecular weight excluding hydrogens is 134 g/mol. The standard InChI is InChI=1S/C10H13N/c1-2-3-9-11-10-7-5-4-6-8-10/h2-8,11H,9H2,1H3. The maximum absolute atomic E-state index is 3.26. The van der Waals surface area contributed by atoms with Gasteiger partial charge in [0.2, 0.25) is 0 Å². The van der Waals surface area contributed by atoms with Crippen LogP contribution in [0.2, 0.25) is 0 Å². The molecule has 0 amide bonds. The first-order chi connectivity index (χ1) is 5.43. The van der Waals surface area contributed by atoms with Gasteiger partial charge < -0.3 is 5.32 Å². The van der Waals surface area contributed by atoms with Crippen molar-refractivity contribution in [1.29, 1.82) is 0 Å². The molecule has 1 aromatic rings. The summed E-state index contributed by atoms with van der Waals surface area (Å²) in [5.74, 6) is 0. The van der Waals surface area contributed by atoms with Crippen LogP contribution >= 0.6 is 0 Å². The molecule has 58 valence electrons. The SMILES string of the molecule is CC=CCNc1ccccc1. The number of nitrogens with one attached hydrogen (secondary N) is 1. The van der Waals surface area contributed by atoms with Gasteiger partial charge in [-0.1, -0.05) is 30.4 Å². The Morgan fingerprint density at radius 1 is 1.27 bits per heavy atom. The average molecular weight is 147 g/mol. The van der Waals surface area contributed by atoms with Gasteiger partial charge in [-0.2, -0.15) is 0 Å². The zero-order valence-corrected chi connectivity index (χ0v) is 6.75. The molecule has 0 aliphatic carbocycles. The number of anilines is 1. The number of hydrogen-bond acceptors (Lipinski definition) is 1. The molecule has 0 aliphatic heterocycles. The van der Waals surface area contributed by atoms with E-state index in [4.69, 9.17) is 0 Å². The van der Waals surface area contributed by atoms with Crippen molar-refractivity contribution in [3.63, 3.8) is 0 Å². The van der Waals surface area contributed by atoms with Gasteiger partial charge in [-0.15, -0.1) is 0 Å². The highest BCUT2D eigenvalue weighted by Gasteiger charge is 1.83. The summed E-state index contributed by atoms with van der Waals surface area (Å²) in [4.78, 5) is 0. The fourth-order valence-electron chi connectivity index (χ4n) is 0.851. The van der Waals surface area contributed by atoms with E-state index in [2.05, 4.69) is 23.5 Å². The molecule has 1 heteroatoms. The second-order valence-corrected chi connectivity index (χ2v) is 2.32. The Balaban J connectivity index is 2.39. The van der Waals surface area contributed by atoms with Gasteiger partial charge in [0.25, 0.3) is 0 Å². The minimum atomic E-state index is 0.903. The normalized spacial score (nSPS) is 10.3. The fourth-order valence-corrected chi connectivity index (χ4v) is 0.851. The predicted molar refractivity (Wildman–Crippen MR) is 49.7 cm³/mol. The molecule has 0 heterocycles. The Kier molecular flexibility index (Phi) is 3.26. The molecular formula is C10H13N.